The number of benzene rings is 1. The van der Waals surface area contributed by atoms with E-state index in [0.29, 0.717) is 6.54 Å². The van der Waals surface area contributed by atoms with Gasteiger partial charge in [0.2, 0.25) is 0 Å². The summed E-state index contributed by atoms with van der Waals surface area (Å²) in [7, 11) is 2.81. The molecule has 1 aromatic carbocycles. The van der Waals surface area contributed by atoms with Crippen molar-refractivity contribution in [2.24, 2.45) is 17.8 Å². The van der Waals surface area contributed by atoms with Crippen LogP contribution in [0.3, 0.4) is 0 Å². The summed E-state index contributed by atoms with van der Waals surface area (Å²) in [5.74, 6) is -2.27. The molecule has 0 radical (unpaired) electrons. The lowest BCUT2D eigenvalue weighted by molar-refractivity contribution is 0.101. The molecule has 0 aliphatic heterocycles. The van der Waals surface area contributed by atoms with Crippen LogP contribution < -0.4 is 15.8 Å². The molecule has 0 atom stereocenters. The average molecular weight is 478 g/mol. The quantitative estimate of drug-likeness (QED) is 0.308. The van der Waals surface area contributed by atoms with Crippen LogP contribution in [0.1, 0.15) is 21.7 Å². The third-order valence-electron chi connectivity index (χ3n) is 4.95. The highest BCUT2D eigenvalue weighted by Gasteiger charge is 2.23. The zero-order chi connectivity index (χ0) is 24.9. The van der Waals surface area contributed by atoms with Crippen molar-refractivity contribution in [1.29, 1.82) is 0 Å². The van der Waals surface area contributed by atoms with Crippen molar-refractivity contribution in [3.05, 3.63) is 83.6 Å². The number of pyridine rings is 1. The number of nitrogens with one attached hydrogen (secondary N) is 1. The van der Waals surface area contributed by atoms with Crippen LogP contribution in [0.15, 0.2) is 60.0 Å². The van der Waals surface area contributed by atoms with Gasteiger partial charge in [-0.05, 0) is 11.6 Å². The number of nitrogens with two attached hydrogens (primary N) is 1. The molecule has 0 bridgehead atoms. The van der Waals surface area contributed by atoms with Gasteiger partial charge in [0, 0.05) is 7.05 Å². The second kappa shape index (κ2) is 10.0. The number of anilines is 1. The number of amidine groups is 1. The van der Waals surface area contributed by atoms with Crippen LogP contribution >= 0.6 is 0 Å². The normalized spacial score (nSPS) is 11.4. The lowest BCUT2D eigenvalue weighted by Crippen LogP contribution is -2.20. The molecule has 0 unspecified atom stereocenters. The van der Waals surface area contributed by atoms with Crippen molar-refractivity contribution in [2.75, 3.05) is 12.4 Å². The maximum Gasteiger partial charge on any atom is 0.316 e. The van der Waals surface area contributed by atoms with Gasteiger partial charge >= 0.3 is 6.01 Å². The molecule has 3 N–H and O–H groups in total. The number of amides is 1. The van der Waals surface area contributed by atoms with Crippen LogP contribution in [-0.4, -0.2) is 43.6 Å². The molecule has 4 rings (SSSR count). The van der Waals surface area contributed by atoms with Gasteiger partial charge in [-0.1, -0.05) is 30.3 Å². The Kier molecular flexibility index (Phi) is 6.71. The van der Waals surface area contributed by atoms with Gasteiger partial charge < -0.3 is 15.8 Å². The molecule has 0 spiro atoms. The number of ether oxygens (including phenoxy) is 1. The van der Waals surface area contributed by atoms with Gasteiger partial charge in [0.15, 0.2) is 11.6 Å². The standard InChI is InChI=1S/C23H20F2N8O2/c1-33-20(14(10-30-33)19-16(25)12-29-23(32-19)35-2)22(34)31-17-8-18(27-11-15(17)24)21(26)28-9-13-6-4-3-5-7-13/h3-8,10-12H,9H2,1-2H3,(H2,26,28)(H,27,31,34). The van der Waals surface area contributed by atoms with Crippen molar-refractivity contribution in [1.82, 2.24) is 24.7 Å². The highest BCUT2D eigenvalue weighted by atomic mass is 19.1. The summed E-state index contributed by atoms with van der Waals surface area (Å²) in [5.41, 5.74) is 6.76. The Morgan fingerprint density at radius 1 is 1.14 bits per heavy atom. The minimum atomic E-state index is -0.795. The van der Waals surface area contributed by atoms with E-state index in [1.165, 1.54) is 31.1 Å². The lowest BCUT2D eigenvalue weighted by atomic mass is 10.1. The van der Waals surface area contributed by atoms with Crippen molar-refractivity contribution in [3.63, 3.8) is 0 Å². The number of aryl methyl sites for hydroxylation is 1. The first kappa shape index (κ1) is 23.4. The van der Waals surface area contributed by atoms with E-state index in [0.717, 1.165) is 18.0 Å². The molecule has 0 aliphatic carbocycles. The van der Waals surface area contributed by atoms with E-state index in [2.05, 4.69) is 30.4 Å². The number of hydrogen-bond donors (Lipinski definition) is 2. The molecular formula is C23H20F2N8O2. The smallest absolute Gasteiger partial charge is 0.316 e. The first-order valence-electron chi connectivity index (χ1n) is 10.3. The zero-order valence-electron chi connectivity index (χ0n) is 18.7. The van der Waals surface area contributed by atoms with Crippen molar-refractivity contribution < 1.29 is 18.3 Å². The number of halogens is 2. The number of aromatic nitrogens is 5. The van der Waals surface area contributed by atoms with E-state index in [-0.39, 0.29) is 40.2 Å². The first-order valence-corrected chi connectivity index (χ1v) is 10.3. The second-order valence-electron chi connectivity index (χ2n) is 7.27. The van der Waals surface area contributed by atoms with E-state index in [1.807, 2.05) is 30.3 Å². The highest BCUT2D eigenvalue weighted by molar-refractivity contribution is 6.07. The monoisotopic (exact) mass is 478 g/mol. The van der Waals surface area contributed by atoms with E-state index in [9.17, 15) is 13.6 Å². The second-order valence-corrected chi connectivity index (χ2v) is 7.27. The van der Waals surface area contributed by atoms with E-state index in [1.54, 1.807) is 0 Å². The molecule has 12 heteroatoms. The Morgan fingerprint density at radius 3 is 2.63 bits per heavy atom. The maximum absolute atomic E-state index is 14.5. The predicted molar refractivity (Wildman–Crippen MR) is 124 cm³/mol. The first-order chi connectivity index (χ1) is 16.9. The average Bonchev–Trinajstić information content (AvgIpc) is 3.26. The number of carbonyl (C=O) groups is 1. The van der Waals surface area contributed by atoms with Crippen LogP contribution in [0.5, 0.6) is 6.01 Å². The summed E-state index contributed by atoms with van der Waals surface area (Å²) in [5, 5.41) is 6.47. The van der Waals surface area contributed by atoms with E-state index in [4.69, 9.17) is 10.5 Å². The predicted octanol–water partition coefficient (Wildman–Crippen LogP) is 2.72. The van der Waals surface area contributed by atoms with E-state index < -0.39 is 17.5 Å². The number of nitrogens with zero attached hydrogens (tertiary/aromatic N) is 6. The highest BCUT2D eigenvalue weighted by Crippen LogP contribution is 2.26. The van der Waals surface area contributed by atoms with Crippen LogP contribution in [-0.2, 0) is 13.6 Å². The fourth-order valence-corrected chi connectivity index (χ4v) is 3.22. The number of hydrogen-bond acceptors (Lipinski definition) is 7. The fraction of sp³-hybridized carbons (Fsp3) is 0.130. The summed E-state index contributed by atoms with van der Waals surface area (Å²) in [6.45, 7) is 0.305. The Balaban J connectivity index is 1.61. The van der Waals surface area contributed by atoms with Gasteiger partial charge in [0.05, 0.1) is 43.5 Å². The van der Waals surface area contributed by atoms with Gasteiger partial charge in [-0.15, -0.1) is 0 Å². The topological polar surface area (TPSA) is 133 Å². The molecule has 1 amide bonds. The summed E-state index contributed by atoms with van der Waals surface area (Å²) in [6.07, 6.45) is 3.11. The maximum atomic E-state index is 14.5. The number of carbonyl (C=O) groups excluding carboxylic acids is 1. The van der Waals surface area contributed by atoms with Crippen LogP contribution in [0.25, 0.3) is 11.3 Å². The van der Waals surface area contributed by atoms with Crippen LogP contribution in [0.2, 0.25) is 0 Å². The van der Waals surface area contributed by atoms with Crippen LogP contribution in [0.4, 0.5) is 14.5 Å². The largest absolute Gasteiger partial charge is 0.467 e. The molecule has 0 aliphatic rings. The number of rotatable bonds is 7. The molecule has 178 valence electrons. The van der Waals surface area contributed by atoms with Gasteiger partial charge in [0.25, 0.3) is 5.91 Å². The minimum absolute atomic E-state index is 0.0619. The van der Waals surface area contributed by atoms with E-state index >= 15 is 0 Å². The molecule has 0 saturated carbocycles. The van der Waals surface area contributed by atoms with Crippen molar-refractivity contribution in [2.45, 2.75) is 6.54 Å². The molecule has 10 nitrogen and oxygen atoms in total. The zero-order valence-corrected chi connectivity index (χ0v) is 18.7. The van der Waals surface area contributed by atoms with Crippen molar-refractivity contribution in [3.8, 4) is 17.3 Å². The summed E-state index contributed by atoms with van der Waals surface area (Å²) >= 11 is 0. The number of methoxy groups -OCH3 is 1. The van der Waals surface area contributed by atoms with Gasteiger partial charge in [-0.25, -0.2) is 18.7 Å². The van der Waals surface area contributed by atoms with Gasteiger partial charge in [-0.2, -0.15) is 10.1 Å². The molecule has 0 saturated heterocycles. The molecule has 3 aromatic heterocycles. The Hall–Kier alpha value is -4.74. The summed E-state index contributed by atoms with van der Waals surface area (Å²) in [6, 6.07) is 10.6. The summed E-state index contributed by atoms with van der Waals surface area (Å²) < 4.78 is 35.1. The molecular weight excluding hydrogens is 458 g/mol. The van der Waals surface area contributed by atoms with Gasteiger partial charge in [0.1, 0.15) is 22.9 Å². The molecule has 4 aromatic rings. The van der Waals surface area contributed by atoms with Gasteiger partial charge in [-0.3, -0.25) is 14.5 Å². The molecule has 3 heterocycles. The van der Waals surface area contributed by atoms with Crippen molar-refractivity contribution >= 4 is 17.4 Å². The lowest BCUT2D eigenvalue weighted by Gasteiger charge is -2.10. The molecule has 0 fully saturated rings. The Morgan fingerprint density at radius 2 is 1.89 bits per heavy atom. The minimum Gasteiger partial charge on any atom is -0.467 e. The Labute approximate surface area is 198 Å². The Bertz CT molecular complexity index is 1410. The third kappa shape index (κ3) is 5.11. The van der Waals surface area contributed by atoms with Crippen LogP contribution in [0, 0.1) is 11.6 Å². The summed E-state index contributed by atoms with van der Waals surface area (Å²) in [4.78, 5) is 29.0. The third-order valence-corrected chi connectivity index (χ3v) is 4.95. The fourth-order valence-electron chi connectivity index (χ4n) is 3.22. The SMILES string of the molecule is COc1ncc(F)c(-c2cnn(C)c2C(=O)Nc2cc(C(N)=NCc3ccccc3)ncc2F)n1. The molecule has 35 heavy (non-hydrogen) atoms. The number of aliphatic imine (C=N–C) groups is 1.